The van der Waals surface area contributed by atoms with Crippen molar-refractivity contribution >= 4 is 39.6 Å². The zero-order valence-electron chi connectivity index (χ0n) is 12.6. The highest BCUT2D eigenvalue weighted by molar-refractivity contribution is 7.15. The quantitative estimate of drug-likeness (QED) is 0.848. The second-order valence-corrected chi connectivity index (χ2v) is 7.27. The van der Waals surface area contributed by atoms with Crippen molar-refractivity contribution in [2.75, 3.05) is 5.32 Å². The van der Waals surface area contributed by atoms with Crippen LogP contribution in [0.5, 0.6) is 0 Å². The van der Waals surface area contributed by atoms with Gasteiger partial charge >= 0.3 is 0 Å². The molecule has 0 fully saturated rings. The van der Waals surface area contributed by atoms with E-state index < -0.39 is 6.04 Å². The van der Waals surface area contributed by atoms with Gasteiger partial charge in [0.2, 0.25) is 11.0 Å². The molecule has 22 heavy (non-hydrogen) atoms. The molecule has 0 aliphatic carbocycles. The van der Waals surface area contributed by atoms with Crippen molar-refractivity contribution < 1.29 is 9.59 Å². The van der Waals surface area contributed by atoms with E-state index in [1.54, 1.807) is 19.1 Å². The second kappa shape index (κ2) is 7.46. The normalized spacial score (nSPS) is 12.2. The predicted molar refractivity (Wildman–Crippen MR) is 88.3 cm³/mol. The summed E-state index contributed by atoms with van der Waals surface area (Å²) in [6, 6.07) is 2.86. The number of carbonyl (C=O) groups is 2. The lowest BCUT2D eigenvalue weighted by atomic mass is 10.1. The zero-order chi connectivity index (χ0) is 16.1. The van der Waals surface area contributed by atoms with Crippen LogP contribution in [0, 0.1) is 5.92 Å². The van der Waals surface area contributed by atoms with Crippen LogP contribution in [0.15, 0.2) is 17.5 Å². The van der Waals surface area contributed by atoms with Gasteiger partial charge in [-0.2, -0.15) is 0 Å². The van der Waals surface area contributed by atoms with Crippen LogP contribution in [-0.2, 0) is 11.2 Å². The molecule has 8 heteroatoms. The maximum Gasteiger partial charge on any atom is 0.261 e. The Morgan fingerprint density at radius 3 is 2.68 bits per heavy atom. The molecule has 2 aromatic rings. The second-order valence-electron chi connectivity index (χ2n) is 5.26. The van der Waals surface area contributed by atoms with E-state index in [1.165, 1.54) is 22.7 Å². The number of hydrogen-bond donors (Lipinski definition) is 2. The van der Waals surface area contributed by atoms with E-state index in [4.69, 9.17) is 0 Å². The number of hydrogen-bond acceptors (Lipinski definition) is 6. The minimum atomic E-state index is -0.646. The Kier molecular flexibility index (Phi) is 5.62. The summed E-state index contributed by atoms with van der Waals surface area (Å²) >= 11 is 2.69. The summed E-state index contributed by atoms with van der Waals surface area (Å²) in [7, 11) is 0. The van der Waals surface area contributed by atoms with E-state index in [0.717, 1.165) is 11.4 Å². The van der Waals surface area contributed by atoms with Crippen LogP contribution in [-0.4, -0.2) is 28.1 Å². The number of nitrogens with zero attached hydrogens (tertiary/aromatic N) is 2. The third-order valence-corrected chi connectivity index (χ3v) is 4.50. The Balaban J connectivity index is 1.88. The molecule has 0 aliphatic rings. The van der Waals surface area contributed by atoms with Crippen molar-refractivity contribution in [1.29, 1.82) is 0 Å². The van der Waals surface area contributed by atoms with Crippen LogP contribution in [0.1, 0.15) is 35.5 Å². The number of aromatic nitrogens is 2. The molecule has 0 saturated heterocycles. The molecular weight excluding hydrogens is 320 g/mol. The van der Waals surface area contributed by atoms with Crippen LogP contribution in [0.4, 0.5) is 5.13 Å². The summed E-state index contributed by atoms with van der Waals surface area (Å²) in [5.41, 5.74) is 0. The molecular formula is C14H18N4O2S2. The van der Waals surface area contributed by atoms with E-state index in [2.05, 4.69) is 34.7 Å². The highest BCUT2D eigenvalue weighted by Gasteiger charge is 2.18. The lowest BCUT2D eigenvalue weighted by Crippen LogP contribution is -2.41. The number of thiophene rings is 1. The van der Waals surface area contributed by atoms with Crippen LogP contribution in [0.25, 0.3) is 0 Å². The molecule has 2 heterocycles. The first-order valence-corrected chi connectivity index (χ1v) is 8.63. The highest BCUT2D eigenvalue weighted by Crippen LogP contribution is 2.18. The van der Waals surface area contributed by atoms with Gasteiger partial charge in [-0.15, -0.1) is 21.5 Å². The van der Waals surface area contributed by atoms with Gasteiger partial charge in [-0.3, -0.25) is 14.9 Å². The van der Waals surface area contributed by atoms with Crippen LogP contribution in [0.3, 0.4) is 0 Å². The van der Waals surface area contributed by atoms with Crippen molar-refractivity contribution in [3.8, 4) is 0 Å². The molecule has 6 nitrogen and oxygen atoms in total. The topological polar surface area (TPSA) is 84.0 Å². The van der Waals surface area contributed by atoms with E-state index >= 15 is 0 Å². The lowest BCUT2D eigenvalue weighted by Gasteiger charge is -2.11. The maximum absolute atomic E-state index is 12.1. The number of rotatable bonds is 6. The summed E-state index contributed by atoms with van der Waals surface area (Å²) in [5.74, 6) is -0.0759. The molecule has 0 saturated carbocycles. The standard InChI is InChI=1S/C14H18N4O2S2/c1-8(2)7-11-17-18-14(22-11)16-12(19)9(3)15-13(20)10-5-4-6-21-10/h4-6,8-9H,7H2,1-3H3,(H,15,20)(H,16,18,19). The average molecular weight is 338 g/mol. The van der Waals surface area contributed by atoms with Crippen LogP contribution < -0.4 is 10.6 Å². The fourth-order valence-electron chi connectivity index (χ4n) is 1.69. The molecule has 118 valence electrons. The van der Waals surface area contributed by atoms with E-state index in [1.807, 2.05) is 5.38 Å². The van der Waals surface area contributed by atoms with Gasteiger partial charge in [-0.05, 0) is 24.3 Å². The molecule has 0 aliphatic heterocycles. The predicted octanol–water partition coefficient (Wildman–Crippen LogP) is 2.56. The fourth-order valence-corrected chi connectivity index (χ4v) is 3.27. The van der Waals surface area contributed by atoms with E-state index in [9.17, 15) is 9.59 Å². The fraction of sp³-hybridized carbons (Fsp3) is 0.429. The molecule has 2 rings (SSSR count). The van der Waals surface area contributed by atoms with E-state index in [0.29, 0.717) is 15.9 Å². The molecule has 1 unspecified atom stereocenters. The van der Waals surface area contributed by atoms with Crippen molar-refractivity contribution in [2.45, 2.75) is 33.2 Å². The van der Waals surface area contributed by atoms with Gasteiger partial charge in [0.25, 0.3) is 5.91 Å². The SMILES string of the molecule is CC(C)Cc1nnc(NC(=O)C(C)NC(=O)c2cccs2)s1. The Hall–Kier alpha value is -1.80. The summed E-state index contributed by atoms with van der Waals surface area (Å²) in [6.45, 7) is 5.83. The third kappa shape index (κ3) is 4.60. The van der Waals surface area contributed by atoms with Crippen molar-refractivity contribution in [3.63, 3.8) is 0 Å². The third-order valence-electron chi connectivity index (χ3n) is 2.77. The average Bonchev–Trinajstić information content (AvgIpc) is 3.09. The first-order valence-electron chi connectivity index (χ1n) is 6.93. The van der Waals surface area contributed by atoms with Gasteiger partial charge in [0.05, 0.1) is 4.88 Å². The number of carbonyl (C=O) groups excluding carboxylic acids is 2. The van der Waals surface area contributed by atoms with Gasteiger partial charge in [0, 0.05) is 6.42 Å². The minimum Gasteiger partial charge on any atom is -0.340 e. The van der Waals surface area contributed by atoms with E-state index in [-0.39, 0.29) is 11.8 Å². The largest absolute Gasteiger partial charge is 0.340 e. The molecule has 0 bridgehead atoms. The first-order chi connectivity index (χ1) is 10.5. The maximum atomic E-state index is 12.1. The molecule has 0 spiro atoms. The Bertz CT molecular complexity index is 637. The minimum absolute atomic E-state index is 0.254. The summed E-state index contributed by atoms with van der Waals surface area (Å²) in [6.07, 6.45) is 0.832. The Morgan fingerprint density at radius 2 is 2.05 bits per heavy atom. The number of nitrogens with one attached hydrogen (secondary N) is 2. The lowest BCUT2D eigenvalue weighted by molar-refractivity contribution is -0.117. The molecule has 0 radical (unpaired) electrons. The Labute approximate surface area is 137 Å². The molecule has 2 N–H and O–H groups in total. The van der Waals surface area contributed by atoms with Crippen LogP contribution >= 0.6 is 22.7 Å². The van der Waals surface area contributed by atoms with Gasteiger partial charge in [0.1, 0.15) is 11.0 Å². The van der Waals surface area contributed by atoms with Crippen molar-refractivity contribution in [1.82, 2.24) is 15.5 Å². The summed E-state index contributed by atoms with van der Waals surface area (Å²) in [5, 5.41) is 16.5. The highest BCUT2D eigenvalue weighted by atomic mass is 32.1. The number of anilines is 1. The number of amides is 2. The van der Waals surface area contributed by atoms with Gasteiger partial charge in [0.15, 0.2) is 0 Å². The molecule has 2 amide bonds. The zero-order valence-corrected chi connectivity index (χ0v) is 14.3. The van der Waals surface area contributed by atoms with Gasteiger partial charge in [-0.1, -0.05) is 31.3 Å². The van der Waals surface area contributed by atoms with Gasteiger partial charge < -0.3 is 5.32 Å². The van der Waals surface area contributed by atoms with Gasteiger partial charge in [-0.25, -0.2) is 0 Å². The monoisotopic (exact) mass is 338 g/mol. The van der Waals surface area contributed by atoms with Crippen molar-refractivity contribution in [3.05, 3.63) is 27.4 Å². The van der Waals surface area contributed by atoms with Crippen molar-refractivity contribution in [2.24, 2.45) is 5.92 Å². The Morgan fingerprint density at radius 1 is 1.27 bits per heavy atom. The first kappa shape index (κ1) is 16.6. The summed E-state index contributed by atoms with van der Waals surface area (Å²) < 4.78 is 0. The molecule has 1 atom stereocenters. The molecule has 2 aromatic heterocycles. The molecule has 0 aromatic carbocycles. The summed E-state index contributed by atoms with van der Waals surface area (Å²) in [4.78, 5) is 24.5. The van der Waals surface area contributed by atoms with Crippen LogP contribution in [0.2, 0.25) is 0 Å². The smallest absolute Gasteiger partial charge is 0.261 e.